The lowest BCUT2D eigenvalue weighted by Crippen LogP contribution is -2.39. The fraction of sp³-hybridized carbons (Fsp3) is 0.481. The number of carbonyl (C=O) groups excluding carboxylic acids is 4. The van der Waals surface area contributed by atoms with Crippen molar-refractivity contribution in [3.05, 3.63) is 189 Å². The summed E-state index contributed by atoms with van der Waals surface area (Å²) in [5.41, 5.74) is 12.3. The number of nitrogens with two attached hydrogens (primary N) is 1. The summed E-state index contributed by atoms with van der Waals surface area (Å²) < 4.78 is 123. The number of aliphatic imine (C=N–C) groups is 1. The molecule has 35 heteroatoms. The summed E-state index contributed by atoms with van der Waals surface area (Å²) in [6.07, 6.45) is 0.825. The van der Waals surface area contributed by atoms with E-state index in [0.29, 0.717) is 69.4 Å². The quantitative estimate of drug-likeness (QED) is 0.0135. The van der Waals surface area contributed by atoms with E-state index in [1.54, 1.807) is 60.7 Å². The standard InChI is InChI=1S/C77H96Cl6N10O16S3/c1-90-46-65(62-40-56(78)43-71(81)68(62)49-90)53-7-4-10-59(37-53)110(98,99)87-20-26-105-32-31-104-25-19-85-75(96)14-17-77(86-52-94,16-13-74(84)95)18-15-76(97)93(23-29-108-35-33-106-27-21-88-111(100,101)60-11-5-8-54(38-60)66-47-91(2)50-69-63(66)41-57(79)44-72(69)82)24-30-109-36-34-107-28-22-89-112(102,103)61-12-6-9-55(39-61)67-48-92(3)51-70-64(67)42-58(80)45-73(70)83/h4-12,37-45,65-67,87-89H,13-36,46-51H2,1-3H3,(H2,84,95)(H,85,96)/t65-,66-,67-,77?/m0/s1. The third-order valence-corrected chi connectivity index (χ3v) is 25.6. The Bertz CT molecular complexity index is 4470. The summed E-state index contributed by atoms with van der Waals surface area (Å²) in [6.45, 7) is 4.85. The molecule has 3 aliphatic rings. The van der Waals surface area contributed by atoms with E-state index in [-0.39, 0.29) is 190 Å². The summed E-state index contributed by atoms with van der Waals surface area (Å²) in [6, 6.07) is 31.0. The summed E-state index contributed by atoms with van der Waals surface area (Å²) in [7, 11) is -5.86. The lowest BCUT2D eigenvalue weighted by Gasteiger charge is -2.33. The summed E-state index contributed by atoms with van der Waals surface area (Å²) >= 11 is 39.0. The Labute approximate surface area is 686 Å². The first-order valence-electron chi connectivity index (χ1n) is 36.7. The van der Waals surface area contributed by atoms with E-state index >= 15 is 0 Å². The minimum atomic E-state index is -3.94. The van der Waals surface area contributed by atoms with E-state index in [1.807, 2.05) is 57.5 Å². The average molecular weight is 1730 g/mol. The van der Waals surface area contributed by atoms with Gasteiger partial charge in [-0.3, -0.25) is 14.4 Å². The molecule has 3 aliphatic heterocycles. The van der Waals surface area contributed by atoms with Gasteiger partial charge in [-0.2, -0.15) is 4.99 Å². The highest BCUT2D eigenvalue weighted by atomic mass is 35.5. The zero-order valence-corrected chi connectivity index (χ0v) is 69.7. The van der Waals surface area contributed by atoms with Crippen molar-refractivity contribution < 1.29 is 72.9 Å². The van der Waals surface area contributed by atoms with Gasteiger partial charge in [0.2, 0.25) is 53.9 Å². The molecule has 6 aromatic carbocycles. The van der Waals surface area contributed by atoms with Crippen LogP contribution in [0.15, 0.2) is 129 Å². The van der Waals surface area contributed by atoms with Gasteiger partial charge < -0.3 is 59.1 Å². The van der Waals surface area contributed by atoms with Crippen LogP contribution in [0, 0.1) is 0 Å². The Hall–Kier alpha value is -5.78. The van der Waals surface area contributed by atoms with E-state index in [9.17, 15) is 44.4 Å². The van der Waals surface area contributed by atoms with Crippen molar-refractivity contribution in [1.29, 1.82) is 0 Å². The van der Waals surface area contributed by atoms with E-state index < -0.39 is 53.3 Å². The fourth-order valence-electron chi connectivity index (χ4n) is 13.9. The van der Waals surface area contributed by atoms with Crippen molar-refractivity contribution in [2.24, 2.45) is 10.7 Å². The van der Waals surface area contributed by atoms with Gasteiger partial charge >= 0.3 is 0 Å². The van der Waals surface area contributed by atoms with Crippen LogP contribution in [-0.2, 0) is 97.3 Å². The molecule has 26 nitrogen and oxygen atoms in total. The van der Waals surface area contributed by atoms with Crippen molar-refractivity contribution in [2.45, 2.75) is 96.1 Å². The topological polar surface area (TPSA) is 326 Å². The van der Waals surface area contributed by atoms with Gasteiger partial charge in [0.25, 0.3) is 0 Å². The number of sulfonamides is 3. The number of likely N-dealkylation sites (N-methyl/N-ethyl adjacent to an activating group) is 3. The molecule has 112 heavy (non-hydrogen) atoms. The predicted octanol–water partition coefficient (Wildman–Crippen LogP) is 9.52. The van der Waals surface area contributed by atoms with Crippen molar-refractivity contribution in [3.8, 4) is 0 Å². The SMILES string of the molecule is CN1Cc2c(Cl)cc(Cl)cc2[C@H](c2cccc(S(=O)(=O)NCCOCCOCCNC(=O)CCC(CCC(N)=O)(CCC(=O)N(CCOCCOCCNS(=O)(=O)c3cccc([C@@H]4CN(C)Cc5c(Cl)cc(Cl)cc54)c3)CCOCCOCCNS(=O)(=O)c3cccc([C@@H]4CN(C)Cc5c(Cl)cc(Cl)cc54)c3)N=C=O)c2)C1. The molecule has 0 aromatic heterocycles. The second-order valence-electron chi connectivity index (χ2n) is 27.8. The van der Waals surface area contributed by atoms with Gasteiger partial charge in [0.1, 0.15) is 0 Å². The maximum atomic E-state index is 14.2. The number of amides is 3. The summed E-state index contributed by atoms with van der Waals surface area (Å²) in [5.74, 6) is -2.00. The third-order valence-electron chi connectivity index (χ3n) is 19.6. The second kappa shape index (κ2) is 43.4. The smallest absolute Gasteiger partial charge is 0.240 e. The first-order valence-corrected chi connectivity index (χ1v) is 43.4. The highest BCUT2D eigenvalue weighted by molar-refractivity contribution is 7.90. The number of hydrogen-bond acceptors (Lipinski definition) is 20. The number of benzene rings is 6. The van der Waals surface area contributed by atoms with Crippen molar-refractivity contribution in [1.82, 2.24) is 39.1 Å². The second-order valence-corrected chi connectivity index (χ2v) is 35.7. The van der Waals surface area contributed by atoms with Gasteiger partial charge in [-0.15, -0.1) is 0 Å². The number of nitrogens with one attached hydrogen (secondary N) is 4. The van der Waals surface area contributed by atoms with Gasteiger partial charge in [-0.25, -0.2) is 44.2 Å². The molecule has 0 saturated carbocycles. The molecule has 0 radical (unpaired) electrons. The minimum absolute atomic E-state index is 0.00536. The molecule has 3 heterocycles. The fourth-order valence-corrected chi connectivity index (χ4v) is 18.9. The number of nitrogens with zero attached hydrogens (tertiary/aromatic N) is 5. The number of isocyanates is 1. The van der Waals surface area contributed by atoms with Crippen LogP contribution in [0.5, 0.6) is 0 Å². The normalized spacial score (nSPS) is 16.7. The average Bonchev–Trinajstić information content (AvgIpc) is 0.782. The van der Waals surface area contributed by atoms with E-state index in [0.717, 1.165) is 50.1 Å². The van der Waals surface area contributed by atoms with Crippen molar-refractivity contribution in [3.63, 3.8) is 0 Å². The molecule has 6 N–H and O–H groups in total. The van der Waals surface area contributed by atoms with Crippen LogP contribution >= 0.6 is 69.6 Å². The zero-order chi connectivity index (χ0) is 80.6. The predicted molar refractivity (Wildman–Crippen MR) is 431 cm³/mol. The molecule has 0 saturated heterocycles. The lowest BCUT2D eigenvalue weighted by atomic mass is 9.84. The first kappa shape index (κ1) is 90.1. The maximum Gasteiger partial charge on any atom is 0.240 e. The number of primary amides is 1. The van der Waals surface area contributed by atoms with Gasteiger partial charge in [0, 0.05) is 146 Å². The number of fused-ring (bicyclic) bond motifs is 3. The maximum absolute atomic E-state index is 14.2. The van der Waals surface area contributed by atoms with E-state index in [2.05, 4.69) is 39.2 Å². The number of halogens is 6. The summed E-state index contributed by atoms with van der Waals surface area (Å²) in [5, 5.41) is 5.92. The van der Waals surface area contributed by atoms with Crippen molar-refractivity contribution in [2.75, 3.05) is 159 Å². The number of carbonyl (C=O) groups is 3. The summed E-state index contributed by atoms with van der Waals surface area (Å²) in [4.78, 5) is 64.0. The highest BCUT2D eigenvalue weighted by Crippen LogP contribution is 2.43. The van der Waals surface area contributed by atoms with Crippen LogP contribution in [-0.4, -0.2) is 234 Å². The molecule has 9 rings (SSSR count). The van der Waals surface area contributed by atoms with Gasteiger partial charge in [0.05, 0.1) is 99.5 Å². The zero-order valence-electron chi connectivity index (χ0n) is 62.7. The minimum Gasteiger partial charge on any atom is -0.378 e. The van der Waals surface area contributed by atoms with Crippen LogP contribution < -0.4 is 25.2 Å². The Balaban J connectivity index is 0.713. The molecule has 0 bridgehead atoms. The third kappa shape index (κ3) is 26.6. The van der Waals surface area contributed by atoms with Gasteiger partial charge in [-0.05, 0) is 163 Å². The molecular formula is C77H96Cl6N10O16S3. The molecule has 6 aromatic rings. The molecule has 0 aliphatic carbocycles. The molecule has 4 atom stereocenters. The van der Waals surface area contributed by atoms with E-state index in [4.69, 9.17) is 104 Å². The number of ether oxygens (including phenoxy) is 6. The monoisotopic (exact) mass is 1720 g/mol. The van der Waals surface area contributed by atoms with E-state index in [1.165, 1.54) is 23.1 Å². The molecule has 3 amide bonds. The van der Waals surface area contributed by atoms with Crippen LogP contribution in [0.1, 0.15) is 106 Å². The Morgan fingerprint density at radius 2 is 0.804 bits per heavy atom. The van der Waals surface area contributed by atoms with Gasteiger partial charge in [0.15, 0.2) is 0 Å². The van der Waals surface area contributed by atoms with Gasteiger partial charge in [-0.1, -0.05) is 106 Å². The molecular weight excluding hydrogens is 1630 g/mol. The molecule has 1 unspecified atom stereocenters. The number of hydrogen-bond donors (Lipinski definition) is 5. The Kier molecular flexibility index (Phi) is 35.0. The number of rotatable bonds is 46. The molecule has 610 valence electrons. The lowest BCUT2D eigenvalue weighted by molar-refractivity contribution is -0.133. The highest BCUT2D eigenvalue weighted by Gasteiger charge is 2.35. The Morgan fingerprint density at radius 3 is 1.15 bits per heavy atom. The first-order chi connectivity index (χ1) is 53.5. The van der Waals surface area contributed by atoms with Crippen LogP contribution in [0.4, 0.5) is 0 Å². The Morgan fingerprint density at radius 1 is 0.473 bits per heavy atom. The molecule has 0 spiro atoms. The van der Waals surface area contributed by atoms with Crippen molar-refractivity contribution >= 4 is 123 Å². The molecule has 0 fully saturated rings. The van der Waals surface area contributed by atoms with Crippen LogP contribution in [0.3, 0.4) is 0 Å². The largest absolute Gasteiger partial charge is 0.378 e. The van der Waals surface area contributed by atoms with Crippen LogP contribution in [0.25, 0.3) is 0 Å². The van der Waals surface area contributed by atoms with Crippen LogP contribution in [0.2, 0.25) is 30.1 Å².